The van der Waals surface area contributed by atoms with Crippen LogP contribution in [0.1, 0.15) is 27.7 Å². The summed E-state index contributed by atoms with van der Waals surface area (Å²) in [6.07, 6.45) is 1.92. The molecule has 12 heavy (non-hydrogen) atoms. The van der Waals surface area contributed by atoms with Crippen molar-refractivity contribution in [3.05, 3.63) is 11.6 Å². The van der Waals surface area contributed by atoms with E-state index in [-0.39, 0.29) is 11.2 Å². The molecule has 2 nitrogen and oxygen atoms in total. The van der Waals surface area contributed by atoms with Gasteiger partial charge in [-0.3, -0.25) is 9.79 Å². The van der Waals surface area contributed by atoms with Gasteiger partial charge in [0.25, 0.3) is 0 Å². The lowest BCUT2D eigenvalue weighted by molar-refractivity contribution is -0.113. The normalized spacial score (nSPS) is 17.3. The van der Waals surface area contributed by atoms with E-state index in [0.717, 1.165) is 11.3 Å². The molecular weight excluding hydrogens is 150 g/mol. The molecule has 0 saturated carbocycles. The molecule has 0 amide bonds. The minimum absolute atomic E-state index is 0.0667. The summed E-state index contributed by atoms with van der Waals surface area (Å²) in [6, 6.07) is 0. The average molecular weight is 165 g/mol. The van der Waals surface area contributed by atoms with Gasteiger partial charge in [-0.2, -0.15) is 0 Å². The summed E-state index contributed by atoms with van der Waals surface area (Å²) in [5.74, 6) is 0.137. The number of carbonyl (C=O) groups is 1. The Hall–Kier alpha value is -0.920. The van der Waals surface area contributed by atoms with E-state index in [1.807, 2.05) is 6.08 Å². The Kier molecular flexibility index (Phi) is 2.18. The highest BCUT2D eigenvalue weighted by molar-refractivity contribution is 6.09. The van der Waals surface area contributed by atoms with Crippen molar-refractivity contribution in [2.45, 2.75) is 27.7 Å². The zero-order chi connectivity index (χ0) is 9.35. The van der Waals surface area contributed by atoms with Crippen LogP contribution in [0, 0.1) is 5.41 Å². The molecule has 0 aromatic heterocycles. The lowest BCUT2D eigenvalue weighted by Gasteiger charge is -2.16. The minimum Gasteiger partial charge on any atom is -0.295 e. The molecular formula is C10H15NO. The predicted octanol–water partition coefficient (Wildman–Crippen LogP) is 2.00. The van der Waals surface area contributed by atoms with Gasteiger partial charge in [0.15, 0.2) is 5.78 Å². The molecule has 0 saturated heterocycles. The van der Waals surface area contributed by atoms with Crippen LogP contribution in [0.5, 0.6) is 0 Å². The van der Waals surface area contributed by atoms with E-state index in [9.17, 15) is 4.79 Å². The lowest BCUT2D eigenvalue weighted by atomic mass is 9.89. The Morgan fingerprint density at radius 1 is 1.50 bits per heavy atom. The molecule has 1 heterocycles. The van der Waals surface area contributed by atoms with Gasteiger partial charge >= 0.3 is 0 Å². The molecule has 1 rings (SSSR count). The number of allylic oxidation sites excluding steroid dienone is 1. The van der Waals surface area contributed by atoms with E-state index in [2.05, 4.69) is 25.8 Å². The number of hydrogen-bond donors (Lipinski definition) is 0. The van der Waals surface area contributed by atoms with Crippen LogP contribution in [0.25, 0.3) is 0 Å². The maximum Gasteiger partial charge on any atom is 0.157 e. The van der Waals surface area contributed by atoms with Gasteiger partial charge in [0, 0.05) is 16.7 Å². The molecule has 0 radical (unpaired) electrons. The third-order valence-electron chi connectivity index (χ3n) is 1.95. The van der Waals surface area contributed by atoms with E-state index in [4.69, 9.17) is 0 Å². The molecule has 0 spiro atoms. The Labute approximate surface area is 73.4 Å². The largest absolute Gasteiger partial charge is 0.295 e. The second-order valence-corrected chi connectivity index (χ2v) is 4.18. The molecule has 0 fully saturated rings. The Bertz CT molecular complexity index is 266. The molecule has 0 aromatic rings. The van der Waals surface area contributed by atoms with Crippen LogP contribution in [0.3, 0.4) is 0 Å². The molecule has 1 aliphatic heterocycles. The van der Waals surface area contributed by atoms with Crippen molar-refractivity contribution in [3.8, 4) is 0 Å². The van der Waals surface area contributed by atoms with Crippen LogP contribution in [-0.2, 0) is 4.79 Å². The van der Waals surface area contributed by atoms with Crippen LogP contribution in [0.15, 0.2) is 16.6 Å². The summed E-state index contributed by atoms with van der Waals surface area (Å²) in [7, 11) is 0. The van der Waals surface area contributed by atoms with Crippen LogP contribution >= 0.6 is 0 Å². The highest BCUT2D eigenvalue weighted by Crippen LogP contribution is 2.22. The quantitative estimate of drug-likeness (QED) is 0.584. The molecule has 2 heteroatoms. The summed E-state index contributed by atoms with van der Waals surface area (Å²) in [4.78, 5) is 15.3. The van der Waals surface area contributed by atoms with Crippen LogP contribution in [-0.4, -0.2) is 18.0 Å². The zero-order valence-electron chi connectivity index (χ0n) is 8.14. The Balaban J connectivity index is 2.82. The number of carbonyl (C=O) groups excluding carboxylic acids is 1. The maximum absolute atomic E-state index is 11.0. The van der Waals surface area contributed by atoms with Gasteiger partial charge in [0.1, 0.15) is 0 Å². The van der Waals surface area contributed by atoms with Crippen molar-refractivity contribution in [3.63, 3.8) is 0 Å². The SMILES string of the molecule is CC(=O)C1=CC(C(C)(C)C)=NC1. The fourth-order valence-corrected chi connectivity index (χ4v) is 1.09. The van der Waals surface area contributed by atoms with Gasteiger partial charge in [-0.15, -0.1) is 0 Å². The van der Waals surface area contributed by atoms with Crippen molar-refractivity contribution in [2.75, 3.05) is 6.54 Å². The molecule has 0 bridgehead atoms. The van der Waals surface area contributed by atoms with Gasteiger partial charge < -0.3 is 0 Å². The van der Waals surface area contributed by atoms with Crippen LogP contribution < -0.4 is 0 Å². The first kappa shape index (κ1) is 9.17. The Morgan fingerprint density at radius 2 is 2.08 bits per heavy atom. The number of rotatable bonds is 1. The summed E-state index contributed by atoms with van der Waals surface area (Å²) in [5.41, 5.74) is 1.93. The van der Waals surface area contributed by atoms with E-state index < -0.39 is 0 Å². The molecule has 0 aliphatic carbocycles. The number of Topliss-reactive ketones (excluding diaryl/α,β-unsaturated/α-hetero) is 1. The standard InChI is InChI=1S/C10H15NO/c1-7(12)8-5-9(11-6-8)10(2,3)4/h5H,6H2,1-4H3. The summed E-state index contributed by atoms with van der Waals surface area (Å²) >= 11 is 0. The first-order valence-corrected chi connectivity index (χ1v) is 4.17. The summed E-state index contributed by atoms with van der Waals surface area (Å²) < 4.78 is 0. The first-order valence-electron chi connectivity index (χ1n) is 4.17. The highest BCUT2D eigenvalue weighted by Gasteiger charge is 2.22. The van der Waals surface area contributed by atoms with Gasteiger partial charge in [0.2, 0.25) is 0 Å². The van der Waals surface area contributed by atoms with E-state index >= 15 is 0 Å². The van der Waals surface area contributed by atoms with Crippen molar-refractivity contribution >= 4 is 11.5 Å². The molecule has 0 atom stereocenters. The second kappa shape index (κ2) is 2.85. The zero-order valence-corrected chi connectivity index (χ0v) is 8.14. The molecule has 0 aromatic carbocycles. The lowest BCUT2D eigenvalue weighted by Crippen LogP contribution is -2.16. The van der Waals surface area contributed by atoms with Crippen molar-refractivity contribution < 1.29 is 4.79 Å². The second-order valence-electron chi connectivity index (χ2n) is 4.18. The molecule has 1 aliphatic rings. The monoisotopic (exact) mass is 165 g/mol. The number of hydrogen-bond acceptors (Lipinski definition) is 2. The fraction of sp³-hybridized carbons (Fsp3) is 0.600. The third-order valence-corrected chi connectivity index (χ3v) is 1.95. The maximum atomic E-state index is 11.0. The minimum atomic E-state index is 0.0667. The third kappa shape index (κ3) is 1.81. The van der Waals surface area contributed by atoms with Gasteiger partial charge in [-0.05, 0) is 13.0 Å². The topological polar surface area (TPSA) is 29.4 Å². The first-order chi connectivity index (χ1) is 5.41. The molecule has 0 unspecified atom stereocenters. The highest BCUT2D eigenvalue weighted by atomic mass is 16.1. The number of nitrogens with zero attached hydrogens (tertiary/aromatic N) is 1. The van der Waals surface area contributed by atoms with E-state index in [1.165, 1.54) is 0 Å². The van der Waals surface area contributed by atoms with Gasteiger partial charge in [-0.1, -0.05) is 20.8 Å². The van der Waals surface area contributed by atoms with Crippen molar-refractivity contribution in [2.24, 2.45) is 10.4 Å². The summed E-state index contributed by atoms with van der Waals surface area (Å²) in [5, 5.41) is 0. The van der Waals surface area contributed by atoms with E-state index in [0.29, 0.717) is 6.54 Å². The van der Waals surface area contributed by atoms with Crippen molar-refractivity contribution in [1.82, 2.24) is 0 Å². The van der Waals surface area contributed by atoms with Crippen LogP contribution in [0.2, 0.25) is 0 Å². The van der Waals surface area contributed by atoms with Gasteiger partial charge in [0.05, 0.1) is 6.54 Å². The number of aliphatic imine (C=N–C) groups is 1. The number of ketones is 1. The van der Waals surface area contributed by atoms with Crippen LogP contribution in [0.4, 0.5) is 0 Å². The average Bonchev–Trinajstić information content (AvgIpc) is 2.30. The smallest absolute Gasteiger partial charge is 0.157 e. The van der Waals surface area contributed by atoms with Gasteiger partial charge in [-0.25, -0.2) is 0 Å². The molecule has 66 valence electrons. The summed E-state index contributed by atoms with van der Waals surface area (Å²) in [6.45, 7) is 8.47. The Morgan fingerprint density at radius 3 is 2.33 bits per heavy atom. The van der Waals surface area contributed by atoms with E-state index in [1.54, 1.807) is 6.92 Å². The van der Waals surface area contributed by atoms with Crippen molar-refractivity contribution in [1.29, 1.82) is 0 Å². The fourth-order valence-electron chi connectivity index (χ4n) is 1.09. The predicted molar refractivity (Wildman–Crippen MR) is 50.5 cm³/mol. The molecule has 0 N–H and O–H groups in total.